The van der Waals surface area contributed by atoms with Gasteiger partial charge in [-0.3, -0.25) is 4.98 Å². The van der Waals surface area contributed by atoms with Crippen LogP contribution in [0, 0.1) is 0 Å². The molecule has 1 nitrogen and oxygen atoms in total. The summed E-state index contributed by atoms with van der Waals surface area (Å²) in [5.41, 5.74) is 2.34. The van der Waals surface area contributed by atoms with Gasteiger partial charge in [0.15, 0.2) is 0 Å². The predicted octanol–water partition coefficient (Wildman–Crippen LogP) is 2.89. The maximum atomic E-state index is 4.03. The van der Waals surface area contributed by atoms with Crippen LogP contribution in [0.1, 0.15) is 25.3 Å². The lowest BCUT2D eigenvalue weighted by atomic mass is 10.1. The summed E-state index contributed by atoms with van der Waals surface area (Å²) < 4.78 is 0. The van der Waals surface area contributed by atoms with E-state index in [2.05, 4.69) is 18.5 Å². The third kappa shape index (κ3) is 2.19. The van der Waals surface area contributed by atoms with Gasteiger partial charge in [0.2, 0.25) is 0 Å². The Kier molecular flexibility index (Phi) is 2.84. The molecule has 0 amide bonds. The van der Waals surface area contributed by atoms with Crippen molar-refractivity contribution in [3.63, 3.8) is 0 Å². The molecule has 0 spiro atoms. The Morgan fingerprint density at radius 2 is 2.45 bits per heavy atom. The summed E-state index contributed by atoms with van der Waals surface area (Å²) in [7, 11) is 0. The maximum Gasteiger partial charge on any atom is 0.0342 e. The first-order valence-corrected chi connectivity index (χ1v) is 3.92. The fraction of sp³-hybridized carbons (Fsp3) is 0.300. The van der Waals surface area contributed by atoms with Crippen molar-refractivity contribution in [2.45, 2.75) is 19.8 Å². The smallest absolute Gasteiger partial charge is 0.0342 e. The summed E-state index contributed by atoms with van der Waals surface area (Å²) in [6, 6.07) is 3.99. The zero-order chi connectivity index (χ0) is 8.10. The van der Waals surface area contributed by atoms with Crippen molar-refractivity contribution in [2.75, 3.05) is 0 Å². The molecule has 0 saturated carbocycles. The lowest BCUT2D eigenvalue weighted by Crippen LogP contribution is -1.82. The highest BCUT2D eigenvalue weighted by atomic mass is 14.6. The lowest BCUT2D eigenvalue weighted by Gasteiger charge is -2.01. The second-order valence-corrected chi connectivity index (χ2v) is 2.60. The van der Waals surface area contributed by atoms with Crippen LogP contribution in [0.15, 0.2) is 31.1 Å². The number of rotatable bonds is 3. The van der Waals surface area contributed by atoms with E-state index in [1.165, 1.54) is 5.57 Å². The van der Waals surface area contributed by atoms with E-state index in [1.54, 1.807) is 6.20 Å². The molecule has 0 aliphatic rings. The minimum atomic E-state index is 1.06. The molecule has 58 valence electrons. The zero-order valence-corrected chi connectivity index (χ0v) is 6.88. The summed E-state index contributed by atoms with van der Waals surface area (Å²) in [5.74, 6) is 0. The average molecular weight is 147 g/mol. The van der Waals surface area contributed by atoms with Crippen molar-refractivity contribution >= 4 is 5.57 Å². The topological polar surface area (TPSA) is 12.9 Å². The molecule has 0 atom stereocenters. The van der Waals surface area contributed by atoms with Crippen molar-refractivity contribution in [3.05, 3.63) is 36.7 Å². The van der Waals surface area contributed by atoms with Crippen LogP contribution in [0.4, 0.5) is 0 Å². The van der Waals surface area contributed by atoms with E-state index in [1.807, 2.05) is 18.3 Å². The van der Waals surface area contributed by atoms with E-state index >= 15 is 0 Å². The first kappa shape index (κ1) is 7.99. The molecule has 1 aromatic rings. The van der Waals surface area contributed by atoms with Crippen LogP contribution in [-0.4, -0.2) is 4.98 Å². The first-order valence-electron chi connectivity index (χ1n) is 3.92. The van der Waals surface area contributed by atoms with Crippen LogP contribution in [0.5, 0.6) is 0 Å². The van der Waals surface area contributed by atoms with Gasteiger partial charge >= 0.3 is 0 Å². The Morgan fingerprint density at radius 1 is 1.64 bits per heavy atom. The summed E-state index contributed by atoms with van der Waals surface area (Å²) in [6.07, 6.45) is 5.85. The van der Waals surface area contributed by atoms with E-state index < -0.39 is 0 Å². The summed E-state index contributed by atoms with van der Waals surface area (Å²) in [4.78, 5) is 4.03. The number of hydrogen-bond acceptors (Lipinski definition) is 1. The standard InChI is InChI=1S/C10H13N/c1-3-5-9(2)10-6-4-7-11-8-10/h4,6-8H,2-3,5H2,1H3. The molecule has 11 heavy (non-hydrogen) atoms. The number of nitrogens with zero attached hydrogens (tertiary/aromatic N) is 1. The second kappa shape index (κ2) is 3.91. The normalized spacial score (nSPS) is 9.55. The van der Waals surface area contributed by atoms with Gasteiger partial charge in [-0.1, -0.05) is 26.0 Å². The van der Waals surface area contributed by atoms with Crippen LogP contribution in [0.25, 0.3) is 5.57 Å². The molecule has 0 N–H and O–H groups in total. The summed E-state index contributed by atoms with van der Waals surface area (Å²) in [6.45, 7) is 6.13. The van der Waals surface area contributed by atoms with Crippen molar-refractivity contribution in [2.24, 2.45) is 0 Å². The molecule has 1 heterocycles. The second-order valence-electron chi connectivity index (χ2n) is 2.60. The Morgan fingerprint density at radius 3 is 3.00 bits per heavy atom. The summed E-state index contributed by atoms with van der Waals surface area (Å²) in [5, 5.41) is 0. The van der Waals surface area contributed by atoms with E-state index in [4.69, 9.17) is 0 Å². The molecule has 0 fully saturated rings. The van der Waals surface area contributed by atoms with E-state index in [-0.39, 0.29) is 0 Å². The highest BCUT2D eigenvalue weighted by Crippen LogP contribution is 2.15. The molecule has 1 aromatic heterocycles. The minimum Gasteiger partial charge on any atom is -0.264 e. The number of allylic oxidation sites excluding steroid dienone is 1. The van der Waals surface area contributed by atoms with Crippen LogP contribution < -0.4 is 0 Å². The van der Waals surface area contributed by atoms with E-state index in [9.17, 15) is 0 Å². The van der Waals surface area contributed by atoms with Crippen molar-refractivity contribution in [3.8, 4) is 0 Å². The third-order valence-corrected chi connectivity index (χ3v) is 1.62. The number of hydrogen-bond donors (Lipinski definition) is 0. The van der Waals surface area contributed by atoms with Gasteiger partial charge in [-0.2, -0.15) is 0 Å². The van der Waals surface area contributed by atoms with Gasteiger partial charge in [0.1, 0.15) is 0 Å². The van der Waals surface area contributed by atoms with Crippen LogP contribution >= 0.6 is 0 Å². The molecule has 0 radical (unpaired) electrons. The fourth-order valence-electron chi connectivity index (χ4n) is 1.02. The molecule has 1 heteroatoms. The van der Waals surface area contributed by atoms with Gasteiger partial charge in [0.25, 0.3) is 0 Å². The molecule has 0 aromatic carbocycles. The molecule has 0 aliphatic carbocycles. The molecule has 0 unspecified atom stereocenters. The van der Waals surface area contributed by atoms with Crippen LogP contribution in [0.3, 0.4) is 0 Å². The minimum absolute atomic E-state index is 1.06. The Balaban J connectivity index is 2.69. The summed E-state index contributed by atoms with van der Waals surface area (Å²) >= 11 is 0. The Bertz CT molecular complexity index is 226. The van der Waals surface area contributed by atoms with E-state index in [0.717, 1.165) is 18.4 Å². The zero-order valence-electron chi connectivity index (χ0n) is 6.88. The molecule has 0 bridgehead atoms. The highest BCUT2D eigenvalue weighted by Gasteiger charge is 1.94. The largest absolute Gasteiger partial charge is 0.264 e. The third-order valence-electron chi connectivity index (χ3n) is 1.62. The van der Waals surface area contributed by atoms with E-state index in [0.29, 0.717) is 0 Å². The van der Waals surface area contributed by atoms with Gasteiger partial charge in [-0.25, -0.2) is 0 Å². The highest BCUT2D eigenvalue weighted by molar-refractivity contribution is 5.62. The molecular weight excluding hydrogens is 134 g/mol. The van der Waals surface area contributed by atoms with Crippen molar-refractivity contribution in [1.29, 1.82) is 0 Å². The molecule has 0 saturated heterocycles. The van der Waals surface area contributed by atoms with Crippen molar-refractivity contribution < 1.29 is 0 Å². The predicted molar refractivity (Wildman–Crippen MR) is 48.2 cm³/mol. The molecule has 0 aliphatic heterocycles. The SMILES string of the molecule is C=C(CCC)c1cccnc1. The molecule has 1 rings (SSSR count). The fourth-order valence-corrected chi connectivity index (χ4v) is 1.02. The lowest BCUT2D eigenvalue weighted by molar-refractivity contribution is 0.974. The Hall–Kier alpha value is -1.11. The maximum absolute atomic E-state index is 4.03. The van der Waals surface area contributed by atoms with Crippen molar-refractivity contribution in [1.82, 2.24) is 4.98 Å². The van der Waals surface area contributed by atoms with Gasteiger partial charge in [-0.15, -0.1) is 0 Å². The van der Waals surface area contributed by atoms with Crippen LogP contribution in [0.2, 0.25) is 0 Å². The Labute approximate surface area is 67.8 Å². The average Bonchev–Trinajstić information content (AvgIpc) is 2.07. The van der Waals surface area contributed by atoms with Gasteiger partial charge < -0.3 is 0 Å². The van der Waals surface area contributed by atoms with Crippen LogP contribution in [-0.2, 0) is 0 Å². The molecular formula is C10H13N. The number of aromatic nitrogens is 1. The monoisotopic (exact) mass is 147 g/mol. The van der Waals surface area contributed by atoms with Gasteiger partial charge in [0.05, 0.1) is 0 Å². The van der Waals surface area contributed by atoms with Gasteiger partial charge in [-0.05, 0) is 23.6 Å². The first-order chi connectivity index (χ1) is 5.34. The quantitative estimate of drug-likeness (QED) is 0.640. The number of pyridine rings is 1. The van der Waals surface area contributed by atoms with Gasteiger partial charge in [0, 0.05) is 12.4 Å².